The predicted molar refractivity (Wildman–Crippen MR) is 189 cm³/mol. The first kappa shape index (κ1) is 51.9. The van der Waals surface area contributed by atoms with Crippen molar-refractivity contribution in [2.24, 2.45) is 0 Å². The molecule has 0 amide bonds. The van der Waals surface area contributed by atoms with E-state index < -0.39 is 14.1 Å². The summed E-state index contributed by atoms with van der Waals surface area (Å²) < 4.78 is 17.2. The van der Waals surface area contributed by atoms with Gasteiger partial charge in [0.25, 0.3) is 0 Å². The number of unbranched alkanes of at least 4 members (excludes halogenated alkanes) is 3. The molecule has 6 nitrogen and oxygen atoms in total. The van der Waals surface area contributed by atoms with Crippen LogP contribution in [-0.4, -0.2) is 72.5 Å². The summed E-state index contributed by atoms with van der Waals surface area (Å²) in [6.07, 6.45) is 7.07. The van der Waals surface area contributed by atoms with Gasteiger partial charge in [-0.3, -0.25) is 0 Å². The van der Waals surface area contributed by atoms with Crippen LogP contribution in [-0.2, 0) is 28.4 Å². The van der Waals surface area contributed by atoms with E-state index in [1.54, 1.807) is 0 Å². The second-order valence-corrected chi connectivity index (χ2v) is 14.8. The molecule has 0 aliphatic rings. The van der Waals surface area contributed by atoms with E-state index in [0.717, 1.165) is 55.5 Å². The Hall–Kier alpha value is 0.292. The summed E-state index contributed by atoms with van der Waals surface area (Å²) in [4.78, 5) is 0. The zero-order chi connectivity index (χ0) is 33.8. The predicted octanol–water partition coefficient (Wildman–Crippen LogP) is 11.5. The Bertz CT molecular complexity index is 358. The van der Waals surface area contributed by atoms with Crippen molar-refractivity contribution >= 4 is 0 Å². The Morgan fingerprint density at radius 1 is 0.405 bits per heavy atom. The first-order chi connectivity index (χ1) is 19.7. The van der Waals surface area contributed by atoms with Gasteiger partial charge in [0, 0.05) is 0 Å². The standard InChI is InChI=1S/3C6H14N.3C5H11O.C2H6.Cr/c3*1-5(2)7-6(3)4;3*1-3-4-5-6-2;1-2;/h3*5-6H,1-4H3;3*2-5H2,1H3;1-2H3;/q3*-1;;;;;+3. The van der Waals surface area contributed by atoms with Crippen LogP contribution in [0.1, 0.15) is 156 Å². The molecule has 0 aromatic heterocycles. The maximum atomic E-state index is 5.75. The van der Waals surface area contributed by atoms with Gasteiger partial charge in [0.1, 0.15) is 0 Å². The van der Waals surface area contributed by atoms with Crippen LogP contribution in [0.5, 0.6) is 0 Å². The number of rotatable bonds is 21. The summed E-state index contributed by atoms with van der Waals surface area (Å²) in [6.45, 7) is 38.4. The fourth-order valence-electron chi connectivity index (χ4n) is 3.16. The molecule has 0 heterocycles. The molecule has 0 bridgehead atoms. The van der Waals surface area contributed by atoms with E-state index in [-0.39, 0.29) is 0 Å². The van der Waals surface area contributed by atoms with Gasteiger partial charge in [-0.1, -0.05) is 96.9 Å². The molecular formula is C35H81CrN3O3. The Morgan fingerprint density at radius 3 is 0.714 bits per heavy atom. The summed E-state index contributed by atoms with van der Waals surface area (Å²) >= 11 is -0.888. The van der Waals surface area contributed by atoms with Crippen molar-refractivity contribution in [1.82, 2.24) is 0 Å². The summed E-state index contributed by atoms with van der Waals surface area (Å²) in [5.74, 6) is 0. The molecule has 0 aromatic rings. The zero-order valence-electron chi connectivity index (χ0n) is 31.9. The zero-order valence-corrected chi connectivity index (χ0v) is 33.2. The third-order valence-electron chi connectivity index (χ3n) is 4.47. The number of hydrogen-bond acceptors (Lipinski definition) is 3. The van der Waals surface area contributed by atoms with Gasteiger partial charge in [-0.25, -0.2) is 0 Å². The average molecular weight is 644 g/mol. The van der Waals surface area contributed by atoms with Crippen molar-refractivity contribution in [3.63, 3.8) is 0 Å². The molecule has 0 spiro atoms. The third-order valence-corrected chi connectivity index (χ3v) is 6.81. The molecule has 0 aliphatic carbocycles. The van der Waals surface area contributed by atoms with Gasteiger partial charge in [0.05, 0.1) is 0 Å². The Balaban J connectivity index is -0.000000163. The van der Waals surface area contributed by atoms with Crippen molar-refractivity contribution in [1.29, 1.82) is 0 Å². The molecule has 0 radical (unpaired) electrons. The van der Waals surface area contributed by atoms with Crippen LogP contribution in [0.25, 0.3) is 16.0 Å². The minimum atomic E-state index is -0.888. The van der Waals surface area contributed by atoms with E-state index in [4.69, 9.17) is 14.2 Å². The van der Waals surface area contributed by atoms with Crippen molar-refractivity contribution in [2.45, 2.75) is 192 Å². The number of ether oxygens (including phenoxy) is 3. The van der Waals surface area contributed by atoms with Crippen LogP contribution in [0, 0.1) is 0 Å². The SMILES string of the molecule is CC.CC(C)[N-]C(C)C.CC(C)[N-]C(C)C.CC(C)[N-]C(C)C.CCCCO[CH2][Cr+3]([CH2]OCCCC)[CH2]OCCCC. The molecule has 0 N–H and O–H groups in total. The third kappa shape index (κ3) is 67.8. The Kier molecular flexibility index (Phi) is 53.6. The van der Waals surface area contributed by atoms with E-state index in [9.17, 15) is 0 Å². The molecule has 0 aliphatic heterocycles. The van der Waals surface area contributed by atoms with E-state index in [2.05, 4.69) is 120 Å². The van der Waals surface area contributed by atoms with Gasteiger partial charge < -0.3 is 16.0 Å². The first-order valence-electron chi connectivity index (χ1n) is 17.2. The molecule has 7 heteroatoms. The molecule has 0 saturated carbocycles. The van der Waals surface area contributed by atoms with Gasteiger partial charge in [-0.15, -0.1) is 36.3 Å². The first-order valence-corrected chi connectivity index (χ1v) is 19.9. The summed E-state index contributed by atoms with van der Waals surface area (Å²) in [5.41, 5.74) is 2.66. The molecule has 0 unspecified atom stereocenters. The van der Waals surface area contributed by atoms with Gasteiger partial charge in [0.2, 0.25) is 0 Å². The van der Waals surface area contributed by atoms with Crippen molar-refractivity contribution < 1.29 is 28.4 Å². The van der Waals surface area contributed by atoms with Crippen molar-refractivity contribution in [3.8, 4) is 0 Å². The molecule has 0 saturated heterocycles. The topological polar surface area (TPSA) is 70.0 Å². The second-order valence-electron chi connectivity index (χ2n) is 11.8. The number of nitrogens with zero attached hydrogens (tertiary/aromatic N) is 3. The van der Waals surface area contributed by atoms with Gasteiger partial charge in [0.15, 0.2) is 0 Å². The molecular weight excluding hydrogens is 562 g/mol. The normalized spacial score (nSPS) is 10.6. The fourth-order valence-corrected chi connectivity index (χ4v) is 5.14. The maximum absolute atomic E-state index is 5.75. The van der Waals surface area contributed by atoms with Crippen molar-refractivity contribution in [2.75, 3.05) is 36.2 Å². The van der Waals surface area contributed by atoms with Crippen LogP contribution in [0.2, 0.25) is 0 Å². The molecule has 0 rings (SSSR count). The van der Waals surface area contributed by atoms with Crippen molar-refractivity contribution in [3.05, 3.63) is 16.0 Å². The van der Waals surface area contributed by atoms with Gasteiger partial charge in [-0.2, -0.15) is 0 Å². The number of hydrogen-bond donors (Lipinski definition) is 0. The molecule has 42 heavy (non-hydrogen) atoms. The van der Waals surface area contributed by atoms with E-state index in [0.29, 0.717) is 36.3 Å². The van der Waals surface area contributed by atoms with Gasteiger partial charge in [-0.05, 0) is 0 Å². The Labute approximate surface area is 272 Å². The molecule has 260 valence electrons. The van der Waals surface area contributed by atoms with Crippen LogP contribution >= 0.6 is 0 Å². The molecule has 0 aromatic carbocycles. The van der Waals surface area contributed by atoms with Gasteiger partial charge >= 0.3 is 124 Å². The summed E-state index contributed by atoms with van der Waals surface area (Å²) in [6, 6.07) is 3.00. The van der Waals surface area contributed by atoms with E-state index in [1.807, 2.05) is 13.8 Å². The summed E-state index contributed by atoms with van der Waals surface area (Å²) in [5, 5.41) is 12.8. The van der Waals surface area contributed by atoms with Crippen LogP contribution in [0.4, 0.5) is 0 Å². The minimum absolute atomic E-state index is 0.500. The fraction of sp³-hybridized carbons (Fsp3) is 1.00. The van der Waals surface area contributed by atoms with E-state index in [1.165, 1.54) is 19.3 Å². The van der Waals surface area contributed by atoms with Crippen LogP contribution in [0.3, 0.4) is 0 Å². The quantitative estimate of drug-likeness (QED) is 0.117. The second kappa shape index (κ2) is 43.4. The Morgan fingerprint density at radius 2 is 0.595 bits per heavy atom. The van der Waals surface area contributed by atoms with Crippen LogP contribution < -0.4 is 0 Å². The molecule has 0 atom stereocenters. The monoisotopic (exact) mass is 644 g/mol. The van der Waals surface area contributed by atoms with E-state index >= 15 is 0 Å². The molecule has 0 fully saturated rings. The average Bonchev–Trinajstić information content (AvgIpc) is 2.86. The summed E-state index contributed by atoms with van der Waals surface area (Å²) in [7, 11) is 0. The van der Waals surface area contributed by atoms with Crippen LogP contribution in [0.15, 0.2) is 0 Å².